The topological polar surface area (TPSA) is 82.5 Å². The van der Waals surface area contributed by atoms with E-state index in [0.717, 1.165) is 50.2 Å². The molecule has 1 saturated heterocycles. The average molecular weight is 303 g/mol. The van der Waals surface area contributed by atoms with Gasteiger partial charge in [-0.05, 0) is 43.7 Å². The lowest BCUT2D eigenvalue weighted by Crippen LogP contribution is -2.32. The highest BCUT2D eigenvalue weighted by atomic mass is 16.4. The first-order valence-corrected chi connectivity index (χ1v) is 7.87. The van der Waals surface area contributed by atoms with Gasteiger partial charge < -0.3 is 15.3 Å². The molecule has 1 amide bonds. The molecule has 6 nitrogen and oxygen atoms in total. The van der Waals surface area contributed by atoms with E-state index in [2.05, 4.69) is 16.4 Å². The second-order valence-electron chi connectivity index (χ2n) is 6.02. The van der Waals surface area contributed by atoms with Gasteiger partial charge in [0.1, 0.15) is 12.4 Å². The van der Waals surface area contributed by atoms with Crippen LogP contribution in [0.4, 0.5) is 5.82 Å². The lowest BCUT2D eigenvalue weighted by atomic mass is 9.99. The molecule has 0 bridgehead atoms. The molecule has 2 N–H and O–H groups in total. The van der Waals surface area contributed by atoms with Crippen LogP contribution in [0.3, 0.4) is 0 Å². The van der Waals surface area contributed by atoms with E-state index in [-0.39, 0.29) is 18.4 Å². The number of carboxylic acids is 1. The fourth-order valence-corrected chi connectivity index (χ4v) is 3.22. The normalized spacial score (nSPS) is 20.6. The highest BCUT2D eigenvalue weighted by Gasteiger charge is 2.32. The fourth-order valence-electron chi connectivity index (χ4n) is 3.22. The second-order valence-corrected chi connectivity index (χ2v) is 6.02. The zero-order chi connectivity index (χ0) is 15.5. The summed E-state index contributed by atoms with van der Waals surface area (Å²) in [6.07, 6.45) is 4.45. The third-order valence-electron chi connectivity index (χ3n) is 4.44. The molecule has 1 fully saturated rings. The van der Waals surface area contributed by atoms with Crippen molar-refractivity contribution >= 4 is 17.7 Å². The molecule has 0 saturated carbocycles. The van der Waals surface area contributed by atoms with Crippen LogP contribution >= 0.6 is 0 Å². The number of aryl methyl sites for hydroxylation is 2. The summed E-state index contributed by atoms with van der Waals surface area (Å²) in [6, 6.07) is 4.16. The smallest absolute Gasteiger partial charge is 0.323 e. The van der Waals surface area contributed by atoms with Crippen molar-refractivity contribution in [2.45, 2.75) is 32.1 Å². The molecule has 2 aliphatic heterocycles. The minimum Gasteiger partial charge on any atom is -0.480 e. The van der Waals surface area contributed by atoms with Gasteiger partial charge in [-0.3, -0.25) is 9.59 Å². The van der Waals surface area contributed by atoms with Gasteiger partial charge in [0.25, 0.3) is 0 Å². The summed E-state index contributed by atoms with van der Waals surface area (Å²) in [5, 5.41) is 12.1. The van der Waals surface area contributed by atoms with Gasteiger partial charge in [-0.25, -0.2) is 4.98 Å². The van der Waals surface area contributed by atoms with Crippen molar-refractivity contribution in [1.29, 1.82) is 0 Å². The molecule has 0 spiro atoms. The van der Waals surface area contributed by atoms with Crippen molar-refractivity contribution in [2.24, 2.45) is 5.92 Å². The van der Waals surface area contributed by atoms with E-state index in [1.807, 2.05) is 6.07 Å². The Balaban J connectivity index is 1.57. The number of likely N-dealkylation sites (tertiary alicyclic amines) is 1. The van der Waals surface area contributed by atoms with Crippen LogP contribution in [0, 0.1) is 5.92 Å². The third-order valence-corrected chi connectivity index (χ3v) is 4.44. The predicted molar refractivity (Wildman–Crippen MR) is 81.7 cm³/mol. The summed E-state index contributed by atoms with van der Waals surface area (Å²) in [6.45, 7) is 1.33. The lowest BCUT2D eigenvalue weighted by Gasteiger charge is -2.18. The van der Waals surface area contributed by atoms with Crippen molar-refractivity contribution < 1.29 is 14.7 Å². The predicted octanol–water partition coefficient (Wildman–Crippen LogP) is 1.31. The number of carbonyl (C=O) groups is 2. The maximum atomic E-state index is 12.1. The standard InChI is InChI=1S/C16H21N3O3/c20-14(21)10-19-9-7-12(16(19)22)4-6-13-5-3-11-2-1-8-17-15(11)18-13/h3,5,12H,1-2,4,6-10H2,(H,17,18)(H,20,21)/t12-/m0/s1. The molecule has 22 heavy (non-hydrogen) atoms. The number of carbonyl (C=O) groups excluding carboxylic acids is 1. The summed E-state index contributed by atoms with van der Waals surface area (Å²) in [5.74, 6) is -0.0611. The Morgan fingerprint density at radius 3 is 3.14 bits per heavy atom. The quantitative estimate of drug-likeness (QED) is 0.857. The highest BCUT2D eigenvalue weighted by Crippen LogP contribution is 2.24. The minimum atomic E-state index is -0.948. The number of aromatic nitrogens is 1. The monoisotopic (exact) mass is 303 g/mol. The number of rotatable bonds is 5. The van der Waals surface area contributed by atoms with Crippen LogP contribution in [0.5, 0.6) is 0 Å². The van der Waals surface area contributed by atoms with Crippen LogP contribution in [0.2, 0.25) is 0 Å². The number of nitrogens with zero attached hydrogens (tertiary/aromatic N) is 2. The zero-order valence-electron chi connectivity index (χ0n) is 12.5. The molecule has 118 valence electrons. The fraction of sp³-hybridized carbons (Fsp3) is 0.562. The Labute approximate surface area is 129 Å². The molecule has 6 heteroatoms. The number of anilines is 1. The maximum absolute atomic E-state index is 12.1. The number of hydrogen-bond donors (Lipinski definition) is 2. The zero-order valence-corrected chi connectivity index (χ0v) is 12.5. The van der Waals surface area contributed by atoms with E-state index in [0.29, 0.717) is 6.54 Å². The van der Waals surface area contributed by atoms with Crippen molar-refractivity contribution in [1.82, 2.24) is 9.88 Å². The van der Waals surface area contributed by atoms with Gasteiger partial charge in [0.2, 0.25) is 5.91 Å². The third kappa shape index (κ3) is 3.21. The van der Waals surface area contributed by atoms with Crippen molar-refractivity contribution in [3.63, 3.8) is 0 Å². The van der Waals surface area contributed by atoms with Gasteiger partial charge in [-0.15, -0.1) is 0 Å². The molecule has 0 aromatic carbocycles. The number of amides is 1. The number of aliphatic carboxylic acids is 1. The van der Waals surface area contributed by atoms with E-state index in [1.165, 1.54) is 10.5 Å². The van der Waals surface area contributed by atoms with E-state index >= 15 is 0 Å². The molecule has 0 aliphatic carbocycles. The number of fused-ring (bicyclic) bond motifs is 1. The van der Waals surface area contributed by atoms with Crippen molar-refractivity contribution in [2.75, 3.05) is 25.0 Å². The second kappa shape index (κ2) is 6.34. The Hall–Kier alpha value is -2.11. The van der Waals surface area contributed by atoms with Gasteiger partial charge in [-0.1, -0.05) is 6.07 Å². The van der Waals surface area contributed by atoms with Gasteiger partial charge in [0.05, 0.1) is 0 Å². The molecule has 0 unspecified atom stereocenters. The molecule has 3 heterocycles. The van der Waals surface area contributed by atoms with Crippen molar-refractivity contribution in [3.8, 4) is 0 Å². The van der Waals surface area contributed by atoms with Crippen molar-refractivity contribution in [3.05, 3.63) is 23.4 Å². The molecule has 2 aliphatic rings. The SMILES string of the molecule is O=C(O)CN1CC[C@H](CCc2ccc3c(n2)NCCC3)C1=O. The molecule has 1 aromatic rings. The summed E-state index contributed by atoms with van der Waals surface area (Å²) in [5.41, 5.74) is 2.26. The van der Waals surface area contributed by atoms with Crippen LogP contribution in [-0.4, -0.2) is 46.5 Å². The first-order valence-electron chi connectivity index (χ1n) is 7.87. The number of carboxylic acid groups (broad SMARTS) is 1. The molecular formula is C16H21N3O3. The van der Waals surface area contributed by atoms with Crippen LogP contribution in [0.15, 0.2) is 12.1 Å². The van der Waals surface area contributed by atoms with Gasteiger partial charge >= 0.3 is 5.97 Å². The van der Waals surface area contributed by atoms with Crippen LogP contribution < -0.4 is 5.32 Å². The van der Waals surface area contributed by atoms with Gasteiger partial charge in [0, 0.05) is 24.7 Å². The van der Waals surface area contributed by atoms with Crippen LogP contribution in [-0.2, 0) is 22.4 Å². The number of nitrogens with one attached hydrogen (secondary N) is 1. The van der Waals surface area contributed by atoms with E-state index in [1.54, 1.807) is 0 Å². The molecule has 3 rings (SSSR count). The van der Waals surface area contributed by atoms with E-state index in [4.69, 9.17) is 5.11 Å². The highest BCUT2D eigenvalue weighted by molar-refractivity contribution is 5.84. The summed E-state index contributed by atoms with van der Waals surface area (Å²) in [7, 11) is 0. The number of pyridine rings is 1. The molecule has 1 atom stereocenters. The summed E-state index contributed by atoms with van der Waals surface area (Å²) < 4.78 is 0. The van der Waals surface area contributed by atoms with Crippen LogP contribution in [0.1, 0.15) is 30.5 Å². The van der Waals surface area contributed by atoms with Gasteiger partial charge in [0.15, 0.2) is 0 Å². The maximum Gasteiger partial charge on any atom is 0.323 e. The first kappa shape index (κ1) is 14.8. The van der Waals surface area contributed by atoms with Gasteiger partial charge in [-0.2, -0.15) is 0 Å². The van der Waals surface area contributed by atoms with Crippen LogP contribution in [0.25, 0.3) is 0 Å². The Morgan fingerprint density at radius 2 is 2.32 bits per heavy atom. The van der Waals surface area contributed by atoms with E-state index < -0.39 is 5.97 Å². The Kier molecular flexibility index (Phi) is 4.27. The summed E-state index contributed by atoms with van der Waals surface area (Å²) >= 11 is 0. The number of hydrogen-bond acceptors (Lipinski definition) is 4. The minimum absolute atomic E-state index is 0.0292. The first-order chi connectivity index (χ1) is 10.6. The molecular weight excluding hydrogens is 282 g/mol. The molecule has 0 radical (unpaired) electrons. The molecule has 1 aromatic heterocycles. The lowest BCUT2D eigenvalue weighted by molar-refractivity contribution is -0.143. The summed E-state index contributed by atoms with van der Waals surface area (Å²) in [4.78, 5) is 28.9. The Bertz CT molecular complexity index is 588. The average Bonchev–Trinajstić information content (AvgIpc) is 2.85. The van der Waals surface area contributed by atoms with E-state index in [9.17, 15) is 9.59 Å². The largest absolute Gasteiger partial charge is 0.480 e. The Morgan fingerprint density at radius 1 is 1.45 bits per heavy atom.